The van der Waals surface area contributed by atoms with E-state index in [1.165, 1.54) is 6.20 Å². The molecule has 9 heteroatoms. The number of rotatable bonds is 5. The molecule has 1 fully saturated rings. The molecule has 0 aliphatic carbocycles. The van der Waals surface area contributed by atoms with Gasteiger partial charge in [0.1, 0.15) is 10.6 Å². The smallest absolute Gasteiger partial charge is 0.352 e. The van der Waals surface area contributed by atoms with E-state index in [0.29, 0.717) is 0 Å². The largest absolute Gasteiger partial charge is 0.477 e. The Morgan fingerprint density at radius 2 is 2.19 bits per heavy atom. The summed E-state index contributed by atoms with van der Waals surface area (Å²) in [6.07, 6.45) is 1.18. The molecule has 1 aromatic rings. The molecule has 1 aliphatic heterocycles. The summed E-state index contributed by atoms with van der Waals surface area (Å²) in [4.78, 5) is 17.4. The van der Waals surface area contributed by atoms with Gasteiger partial charge >= 0.3 is 5.97 Å². The molecule has 0 spiro atoms. The van der Waals surface area contributed by atoms with E-state index in [2.05, 4.69) is 19.5 Å². The van der Waals surface area contributed by atoms with Crippen LogP contribution in [0, 0.1) is 0 Å². The molecular formula is C12H20N4O4S. The van der Waals surface area contributed by atoms with Crippen LogP contribution in [0.3, 0.4) is 0 Å². The number of hydrogen-bond donors (Lipinski definition) is 3. The summed E-state index contributed by atoms with van der Waals surface area (Å²) in [5.41, 5.74) is -0.148. The van der Waals surface area contributed by atoms with Crippen molar-refractivity contribution in [1.29, 1.82) is 0 Å². The summed E-state index contributed by atoms with van der Waals surface area (Å²) >= 11 is 0. The molecule has 118 valence electrons. The van der Waals surface area contributed by atoms with Crippen molar-refractivity contribution in [3.63, 3.8) is 0 Å². The van der Waals surface area contributed by atoms with E-state index < -0.39 is 16.0 Å². The van der Waals surface area contributed by atoms with E-state index >= 15 is 0 Å². The number of aromatic nitrogens is 1. The maximum absolute atomic E-state index is 12.1. The Kier molecular flexibility index (Phi) is 4.67. The molecule has 2 heterocycles. The molecule has 21 heavy (non-hydrogen) atoms. The average Bonchev–Trinajstić information content (AvgIpc) is 2.90. The van der Waals surface area contributed by atoms with Crippen molar-refractivity contribution in [1.82, 2.24) is 19.5 Å². The lowest BCUT2D eigenvalue weighted by molar-refractivity contribution is 0.0691. The monoisotopic (exact) mass is 316 g/mol. The summed E-state index contributed by atoms with van der Waals surface area (Å²) in [6.45, 7) is 2.92. The SMILES string of the molecule is CN1CCN(C)C(CNS(=O)(=O)c2c[nH]c(C(=O)O)c2)C1. The van der Waals surface area contributed by atoms with E-state index in [-0.39, 0.29) is 23.2 Å². The highest BCUT2D eigenvalue weighted by Crippen LogP contribution is 2.12. The third-order valence-corrected chi connectivity index (χ3v) is 5.09. The number of hydrogen-bond acceptors (Lipinski definition) is 5. The third kappa shape index (κ3) is 3.82. The lowest BCUT2D eigenvalue weighted by Gasteiger charge is -2.37. The predicted octanol–water partition coefficient (Wildman–Crippen LogP) is -0.763. The molecular weight excluding hydrogens is 296 g/mol. The van der Waals surface area contributed by atoms with Crippen LogP contribution >= 0.6 is 0 Å². The molecule has 0 saturated carbocycles. The van der Waals surface area contributed by atoms with Gasteiger partial charge in [-0.05, 0) is 20.2 Å². The lowest BCUT2D eigenvalue weighted by atomic mass is 10.2. The first-order valence-electron chi connectivity index (χ1n) is 6.60. The molecule has 8 nitrogen and oxygen atoms in total. The number of likely N-dealkylation sites (N-methyl/N-ethyl adjacent to an activating group) is 2. The zero-order valence-corrected chi connectivity index (χ0v) is 12.9. The number of carbonyl (C=O) groups is 1. The minimum atomic E-state index is -3.70. The average molecular weight is 316 g/mol. The van der Waals surface area contributed by atoms with Crippen LogP contribution in [0.15, 0.2) is 17.2 Å². The predicted molar refractivity (Wildman–Crippen MR) is 76.9 cm³/mol. The third-order valence-electron chi connectivity index (χ3n) is 3.69. The van der Waals surface area contributed by atoms with Gasteiger partial charge in [0, 0.05) is 38.4 Å². The molecule has 2 rings (SSSR count). The minimum Gasteiger partial charge on any atom is -0.477 e. The Morgan fingerprint density at radius 1 is 1.48 bits per heavy atom. The highest BCUT2D eigenvalue weighted by Gasteiger charge is 2.25. The van der Waals surface area contributed by atoms with E-state index in [4.69, 9.17) is 5.11 Å². The molecule has 1 aliphatic rings. The van der Waals surface area contributed by atoms with Gasteiger partial charge in [-0.15, -0.1) is 0 Å². The number of nitrogens with one attached hydrogen (secondary N) is 2. The number of piperazine rings is 1. The Balaban J connectivity index is 2.01. The molecule has 0 bridgehead atoms. The first-order valence-corrected chi connectivity index (χ1v) is 8.08. The molecule has 3 N–H and O–H groups in total. The molecule has 0 amide bonds. The Bertz CT molecular complexity index is 613. The summed E-state index contributed by atoms with van der Waals surface area (Å²) in [5, 5.41) is 8.80. The van der Waals surface area contributed by atoms with Gasteiger partial charge in [0.25, 0.3) is 0 Å². The Morgan fingerprint density at radius 3 is 2.81 bits per heavy atom. The Hall–Kier alpha value is -1.42. The van der Waals surface area contributed by atoms with Gasteiger partial charge in [-0.25, -0.2) is 17.9 Å². The zero-order valence-electron chi connectivity index (χ0n) is 12.0. The fourth-order valence-corrected chi connectivity index (χ4v) is 3.33. The highest BCUT2D eigenvalue weighted by molar-refractivity contribution is 7.89. The second kappa shape index (κ2) is 6.14. The van der Waals surface area contributed by atoms with Gasteiger partial charge in [0.2, 0.25) is 10.0 Å². The van der Waals surface area contributed by atoms with E-state index in [1.54, 1.807) is 0 Å². The zero-order chi connectivity index (χ0) is 15.6. The van der Waals surface area contributed by atoms with Crippen LogP contribution in [-0.4, -0.2) is 80.6 Å². The topological polar surface area (TPSA) is 106 Å². The highest BCUT2D eigenvalue weighted by atomic mass is 32.2. The summed E-state index contributed by atoms with van der Waals surface area (Å²) in [6, 6.07) is 1.21. The van der Waals surface area contributed by atoms with Gasteiger partial charge in [-0.3, -0.25) is 4.90 Å². The van der Waals surface area contributed by atoms with E-state index in [1.807, 2.05) is 14.1 Å². The van der Waals surface area contributed by atoms with Gasteiger partial charge in [-0.2, -0.15) is 0 Å². The maximum Gasteiger partial charge on any atom is 0.352 e. The fourth-order valence-electron chi connectivity index (χ4n) is 2.26. The normalized spacial score (nSPS) is 21.5. The minimum absolute atomic E-state index is 0.0632. The van der Waals surface area contributed by atoms with Crippen LogP contribution in [-0.2, 0) is 10.0 Å². The quantitative estimate of drug-likeness (QED) is 0.659. The molecule has 1 aromatic heterocycles. The van der Waals surface area contributed by atoms with Crippen LogP contribution in [0.1, 0.15) is 10.5 Å². The van der Waals surface area contributed by atoms with Crippen LogP contribution < -0.4 is 4.72 Å². The standard InChI is InChI=1S/C12H20N4O4S/c1-15-3-4-16(2)9(8-15)6-14-21(19,20)10-5-11(12(17)18)13-7-10/h5,7,9,13-14H,3-4,6,8H2,1-2H3,(H,17,18). The van der Waals surface area contributed by atoms with Crippen LogP contribution in [0.4, 0.5) is 0 Å². The molecule has 0 radical (unpaired) electrons. The van der Waals surface area contributed by atoms with Crippen LogP contribution in [0.5, 0.6) is 0 Å². The number of carboxylic acid groups (broad SMARTS) is 1. The maximum atomic E-state index is 12.1. The first kappa shape index (κ1) is 16.0. The first-order chi connectivity index (χ1) is 9.79. The summed E-state index contributed by atoms with van der Waals surface area (Å²) in [7, 11) is 0.260. The molecule has 1 atom stereocenters. The second-order valence-corrected chi connectivity index (χ2v) is 7.07. The summed E-state index contributed by atoms with van der Waals surface area (Å²) in [5.74, 6) is -1.19. The number of aromatic amines is 1. The van der Waals surface area contributed by atoms with Gasteiger partial charge in [0.05, 0.1) is 0 Å². The van der Waals surface area contributed by atoms with Crippen LogP contribution in [0.25, 0.3) is 0 Å². The second-order valence-electron chi connectivity index (χ2n) is 5.30. The number of carboxylic acids is 1. The van der Waals surface area contributed by atoms with Crippen molar-refractivity contribution in [2.24, 2.45) is 0 Å². The fraction of sp³-hybridized carbons (Fsp3) is 0.583. The van der Waals surface area contributed by atoms with Crippen molar-refractivity contribution >= 4 is 16.0 Å². The molecule has 0 aromatic carbocycles. The van der Waals surface area contributed by atoms with E-state index in [9.17, 15) is 13.2 Å². The molecule has 1 unspecified atom stereocenters. The lowest BCUT2D eigenvalue weighted by Crippen LogP contribution is -2.54. The van der Waals surface area contributed by atoms with Crippen molar-refractivity contribution in [2.45, 2.75) is 10.9 Å². The van der Waals surface area contributed by atoms with Gasteiger partial charge < -0.3 is 15.0 Å². The number of H-pyrrole nitrogens is 1. The van der Waals surface area contributed by atoms with E-state index in [0.717, 1.165) is 25.7 Å². The van der Waals surface area contributed by atoms with Crippen molar-refractivity contribution < 1.29 is 18.3 Å². The van der Waals surface area contributed by atoms with Gasteiger partial charge in [-0.1, -0.05) is 0 Å². The van der Waals surface area contributed by atoms with Crippen molar-refractivity contribution in [3.8, 4) is 0 Å². The van der Waals surface area contributed by atoms with Crippen LogP contribution in [0.2, 0.25) is 0 Å². The summed E-state index contributed by atoms with van der Waals surface area (Å²) < 4.78 is 26.8. The van der Waals surface area contributed by atoms with Gasteiger partial charge in [0.15, 0.2) is 0 Å². The molecule has 1 saturated heterocycles. The van der Waals surface area contributed by atoms with Crippen molar-refractivity contribution in [2.75, 3.05) is 40.3 Å². The number of aromatic carboxylic acids is 1. The Labute approximate surface area is 123 Å². The van der Waals surface area contributed by atoms with Crippen molar-refractivity contribution in [3.05, 3.63) is 18.0 Å². The number of sulfonamides is 1. The number of nitrogens with zero attached hydrogens (tertiary/aromatic N) is 2.